The summed E-state index contributed by atoms with van der Waals surface area (Å²) in [5.74, 6) is 2.51. The molecule has 0 atom stereocenters. The minimum atomic E-state index is 0.516. The summed E-state index contributed by atoms with van der Waals surface area (Å²) in [4.78, 5) is 0. The van der Waals surface area contributed by atoms with E-state index in [1.54, 1.807) is 40.6 Å². The smallest absolute Gasteiger partial charge is 0.203 e. The van der Waals surface area contributed by atoms with Crippen LogP contribution in [0.15, 0.2) is 36.4 Å². The molecule has 0 saturated heterocycles. The molecule has 6 nitrogen and oxygen atoms in total. The summed E-state index contributed by atoms with van der Waals surface area (Å²) in [6, 6.07) is 11.6. The molecular weight excluding hydrogens is 352 g/mol. The van der Waals surface area contributed by atoms with E-state index in [9.17, 15) is 0 Å². The topological polar surface area (TPSA) is 61.0 Å². The normalized spacial score (nSPS) is 10.0. The third kappa shape index (κ3) is 5.16. The molecule has 0 saturated carbocycles. The van der Waals surface area contributed by atoms with Crippen LogP contribution in [-0.2, 0) is 6.42 Å². The van der Waals surface area contributed by atoms with Gasteiger partial charge in [-0.3, -0.25) is 0 Å². The maximum atomic E-state index is 5.36. The van der Waals surface area contributed by atoms with Crippen LogP contribution in [0.25, 0.3) is 0 Å². The third-order valence-electron chi connectivity index (χ3n) is 3.76. The second kappa shape index (κ2) is 9.72. The molecule has 0 bridgehead atoms. The molecule has 0 aliphatic carbocycles. The molecule has 0 heterocycles. The van der Waals surface area contributed by atoms with Crippen LogP contribution in [0.3, 0.4) is 0 Å². The molecule has 0 radical (unpaired) electrons. The number of thiocarbonyl (C=S) groups is 1. The highest BCUT2D eigenvalue weighted by Crippen LogP contribution is 2.39. The Bertz CT molecular complexity index is 727. The fraction of sp³-hybridized carbons (Fsp3) is 0.316. The van der Waals surface area contributed by atoms with Gasteiger partial charge in [-0.2, -0.15) is 0 Å². The number of ether oxygens (including phenoxy) is 4. The van der Waals surface area contributed by atoms with E-state index in [0.717, 1.165) is 17.9 Å². The number of methoxy groups -OCH3 is 4. The number of hydrogen-bond donors (Lipinski definition) is 2. The Kier molecular flexibility index (Phi) is 7.35. The highest BCUT2D eigenvalue weighted by Gasteiger charge is 2.13. The first kappa shape index (κ1) is 19.7. The molecule has 0 fully saturated rings. The third-order valence-corrected chi connectivity index (χ3v) is 4.00. The Hall–Kier alpha value is -2.67. The van der Waals surface area contributed by atoms with Crippen LogP contribution in [0.2, 0.25) is 0 Å². The van der Waals surface area contributed by atoms with Gasteiger partial charge in [-0.25, -0.2) is 0 Å². The molecule has 0 aromatic heterocycles. The van der Waals surface area contributed by atoms with Crippen LogP contribution in [0.1, 0.15) is 5.56 Å². The second-order valence-corrected chi connectivity index (χ2v) is 5.80. The van der Waals surface area contributed by atoms with Gasteiger partial charge in [0.2, 0.25) is 5.75 Å². The van der Waals surface area contributed by atoms with Gasteiger partial charge in [0.05, 0.1) is 28.4 Å². The Morgan fingerprint density at radius 1 is 0.923 bits per heavy atom. The summed E-state index contributed by atoms with van der Waals surface area (Å²) >= 11 is 5.36. The second-order valence-electron chi connectivity index (χ2n) is 5.40. The lowest BCUT2D eigenvalue weighted by atomic mass is 10.1. The van der Waals surface area contributed by atoms with Gasteiger partial charge in [-0.1, -0.05) is 12.1 Å². The first-order valence-electron chi connectivity index (χ1n) is 8.09. The minimum Gasteiger partial charge on any atom is -0.497 e. The zero-order valence-electron chi connectivity index (χ0n) is 15.4. The molecule has 2 aromatic rings. The summed E-state index contributed by atoms with van der Waals surface area (Å²) in [7, 11) is 6.38. The Balaban J connectivity index is 1.94. The van der Waals surface area contributed by atoms with E-state index < -0.39 is 0 Å². The van der Waals surface area contributed by atoms with Gasteiger partial charge >= 0.3 is 0 Å². The summed E-state index contributed by atoms with van der Waals surface area (Å²) in [5, 5.41) is 6.83. The van der Waals surface area contributed by atoms with Gasteiger partial charge in [-0.05, 0) is 36.3 Å². The Morgan fingerprint density at radius 3 is 2.19 bits per heavy atom. The van der Waals surface area contributed by atoms with E-state index in [-0.39, 0.29) is 0 Å². The number of rotatable bonds is 8. The number of anilines is 1. The number of benzene rings is 2. The fourth-order valence-corrected chi connectivity index (χ4v) is 2.70. The summed E-state index contributed by atoms with van der Waals surface area (Å²) in [6.45, 7) is 0.698. The van der Waals surface area contributed by atoms with Crippen LogP contribution < -0.4 is 29.6 Å². The molecule has 0 amide bonds. The molecule has 140 valence electrons. The van der Waals surface area contributed by atoms with Crippen molar-refractivity contribution in [3.8, 4) is 23.0 Å². The van der Waals surface area contributed by atoms with Crippen molar-refractivity contribution in [2.45, 2.75) is 6.42 Å². The molecule has 7 heteroatoms. The Labute approximate surface area is 159 Å². The quantitative estimate of drug-likeness (QED) is 0.686. The summed E-state index contributed by atoms with van der Waals surface area (Å²) in [5.41, 5.74) is 1.92. The highest BCUT2D eigenvalue weighted by atomic mass is 32.1. The van der Waals surface area contributed by atoms with E-state index in [4.69, 9.17) is 31.2 Å². The molecule has 2 aromatic carbocycles. The van der Waals surface area contributed by atoms with E-state index in [1.165, 1.54) is 5.56 Å². The lowest BCUT2D eigenvalue weighted by Crippen LogP contribution is -2.30. The van der Waals surface area contributed by atoms with Crippen molar-refractivity contribution in [1.82, 2.24) is 5.32 Å². The average molecular weight is 376 g/mol. The van der Waals surface area contributed by atoms with Crippen molar-refractivity contribution in [2.24, 2.45) is 0 Å². The van der Waals surface area contributed by atoms with Gasteiger partial charge in [0, 0.05) is 24.4 Å². The van der Waals surface area contributed by atoms with Crippen LogP contribution in [0, 0.1) is 0 Å². The van der Waals surface area contributed by atoms with Crippen LogP contribution in [-0.4, -0.2) is 40.1 Å². The summed E-state index contributed by atoms with van der Waals surface area (Å²) in [6.07, 6.45) is 0.828. The molecule has 0 unspecified atom stereocenters. The van der Waals surface area contributed by atoms with E-state index in [1.807, 2.05) is 18.2 Å². The van der Waals surface area contributed by atoms with Crippen molar-refractivity contribution >= 4 is 23.0 Å². The largest absolute Gasteiger partial charge is 0.497 e. The predicted octanol–water partition coefficient (Wildman–Crippen LogP) is 3.25. The minimum absolute atomic E-state index is 0.516. The zero-order valence-corrected chi connectivity index (χ0v) is 16.2. The molecule has 0 aliphatic rings. The van der Waals surface area contributed by atoms with E-state index in [2.05, 4.69) is 16.7 Å². The zero-order chi connectivity index (χ0) is 18.9. The maximum Gasteiger partial charge on any atom is 0.203 e. The highest BCUT2D eigenvalue weighted by molar-refractivity contribution is 7.80. The van der Waals surface area contributed by atoms with Crippen molar-refractivity contribution in [1.29, 1.82) is 0 Å². The van der Waals surface area contributed by atoms with Gasteiger partial charge in [-0.15, -0.1) is 0 Å². The van der Waals surface area contributed by atoms with Crippen LogP contribution in [0.4, 0.5) is 5.69 Å². The predicted molar refractivity (Wildman–Crippen MR) is 107 cm³/mol. The lowest BCUT2D eigenvalue weighted by molar-refractivity contribution is 0.324. The lowest BCUT2D eigenvalue weighted by Gasteiger charge is -2.16. The summed E-state index contributed by atoms with van der Waals surface area (Å²) < 4.78 is 21.2. The molecule has 2 rings (SSSR count). The van der Waals surface area contributed by atoms with Crippen molar-refractivity contribution in [2.75, 3.05) is 40.3 Å². The van der Waals surface area contributed by atoms with E-state index >= 15 is 0 Å². The molecule has 0 aliphatic heterocycles. The SMILES string of the molecule is COc1cccc(CCNC(=S)Nc2cc(OC)c(OC)c(OC)c2)c1. The Morgan fingerprint density at radius 2 is 1.62 bits per heavy atom. The number of nitrogens with one attached hydrogen (secondary N) is 2. The molecule has 2 N–H and O–H groups in total. The maximum absolute atomic E-state index is 5.36. The van der Waals surface area contributed by atoms with Crippen LogP contribution >= 0.6 is 12.2 Å². The van der Waals surface area contributed by atoms with Gasteiger partial charge in [0.25, 0.3) is 0 Å². The standard InChI is InChI=1S/C19H24N2O4S/c1-22-15-7-5-6-13(10-15)8-9-20-19(26)21-14-11-16(23-2)18(25-4)17(12-14)24-3/h5-7,10-12H,8-9H2,1-4H3,(H2,20,21,26). The first-order chi connectivity index (χ1) is 12.6. The van der Waals surface area contributed by atoms with Crippen molar-refractivity contribution in [3.63, 3.8) is 0 Å². The fourth-order valence-electron chi connectivity index (χ4n) is 2.48. The molecule has 0 spiro atoms. The van der Waals surface area contributed by atoms with Crippen molar-refractivity contribution < 1.29 is 18.9 Å². The average Bonchev–Trinajstić information content (AvgIpc) is 2.67. The number of hydrogen-bond acceptors (Lipinski definition) is 5. The molecular formula is C19H24N2O4S. The van der Waals surface area contributed by atoms with Gasteiger partial charge in [0.15, 0.2) is 16.6 Å². The van der Waals surface area contributed by atoms with Crippen molar-refractivity contribution in [3.05, 3.63) is 42.0 Å². The molecule has 26 heavy (non-hydrogen) atoms. The monoisotopic (exact) mass is 376 g/mol. The van der Waals surface area contributed by atoms with Gasteiger partial charge < -0.3 is 29.6 Å². The van der Waals surface area contributed by atoms with Crippen LogP contribution in [0.5, 0.6) is 23.0 Å². The van der Waals surface area contributed by atoms with Gasteiger partial charge in [0.1, 0.15) is 5.75 Å². The van der Waals surface area contributed by atoms with E-state index in [0.29, 0.717) is 28.9 Å². The first-order valence-corrected chi connectivity index (χ1v) is 8.50.